The summed E-state index contributed by atoms with van der Waals surface area (Å²) in [7, 11) is 0. The average Bonchev–Trinajstić information content (AvgIpc) is 3.25. The van der Waals surface area contributed by atoms with Crippen LogP contribution in [0.5, 0.6) is 0 Å². The third-order valence-electron chi connectivity index (χ3n) is 4.13. The molecular weight excluding hydrogens is 416 g/mol. The molecule has 0 saturated carbocycles. The lowest BCUT2D eigenvalue weighted by Crippen LogP contribution is -2.19. The lowest BCUT2D eigenvalue weighted by molar-refractivity contribution is -0.113. The normalized spacial score (nSPS) is 17.0. The monoisotopic (exact) mass is 438 g/mol. The quantitative estimate of drug-likeness (QED) is 0.659. The number of rotatable bonds is 7. The smallest absolute Gasteiger partial charge is 0.234 e. The van der Waals surface area contributed by atoms with Crippen molar-refractivity contribution in [1.29, 1.82) is 0 Å². The fraction of sp³-hybridized carbons (Fsp3) is 0.500. The van der Waals surface area contributed by atoms with Gasteiger partial charge >= 0.3 is 0 Å². The van der Waals surface area contributed by atoms with E-state index in [9.17, 15) is 4.79 Å². The molecule has 1 N–H and O–H groups in total. The highest BCUT2D eigenvalue weighted by Gasteiger charge is 2.22. The summed E-state index contributed by atoms with van der Waals surface area (Å²) in [6.45, 7) is 5.77. The van der Waals surface area contributed by atoms with Crippen molar-refractivity contribution in [1.82, 2.24) is 14.8 Å². The minimum Gasteiger partial charge on any atom is -0.376 e. The van der Waals surface area contributed by atoms with Gasteiger partial charge in [-0.15, -0.1) is 10.2 Å². The summed E-state index contributed by atoms with van der Waals surface area (Å²) in [5, 5.41) is 12.3. The Morgan fingerprint density at radius 2 is 2.15 bits per heavy atom. The Bertz CT molecular complexity index is 742. The van der Waals surface area contributed by atoms with E-state index in [4.69, 9.17) is 4.74 Å². The van der Waals surface area contributed by atoms with Gasteiger partial charge in [0.1, 0.15) is 5.82 Å². The summed E-state index contributed by atoms with van der Waals surface area (Å²) >= 11 is 4.80. The van der Waals surface area contributed by atoms with Crippen molar-refractivity contribution in [2.45, 2.75) is 50.4 Å². The fourth-order valence-electron chi connectivity index (χ4n) is 2.86. The van der Waals surface area contributed by atoms with Gasteiger partial charge in [0.2, 0.25) is 5.91 Å². The third-order valence-corrected chi connectivity index (χ3v) is 5.63. The summed E-state index contributed by atoms with van der Waals surface area (Å²) in [6, 6.07) is 7.53. The first-order valence-corrected chi connectivity index (χ1v) is 10.5. The van der Waals surface area contributed by atoms with Gasteiger partial charge in [-0.25, -0.2) is 0 Å². The zero-order chi connectivity index (χ0) is 18.5. The molecule has 1 aliphatic rings. The molecule has 1 atom stereocenters. The van der Waals surface area contributed by atoms with Gasteiger partial charge in [-0.3, -0.25) is 4.79 Å². The number of amides is 1. The Morgan fingerprint density at radius 3 is 2.81 bits per heavy atom. The molecule has 3 rings (SSSR count). The standard InChI is InChI=1S/C18H23BrN4O2S/c1-12(2)17-21-22-18(23(17)10-15-4-3-9-25-15)26-11-16(24)20-14-7-5-13(19)6-8-14/h5-8,12,15H,3-4,9-11H2,1-2H3,(H,20,24). The van der Waals surface area contributed by atoms with Crippen molar-refractivity contribution in [2.24, 2.45) is 0 Å². The van der Waals surface area contributed by atoms with Gasteiger partial charge < -0.3 is 14.6 Å². The SMILES string of the molecule is CC(C)c1nnc(SCC(=O)Nc2ccc(Br)cc2)n1CC1CCCO1. The molecule has 1 fully saturated rings. The Kier molecular flexibility index (Phi) is 6.72. The van der Waals surface area contributed by atoms with Crippen molar-refractivity contribution in [3.63, 3.8) is 0 Å². The third kappa shape index (κ3) is 5.08. The predicted molar refractivity (Wildman–Crippen MR) is 107 cm³/mol. The van der Waals surface area contributed by atoms with Crippen LogP contribution < -0.4 is 5.32 Å². The van der Waals surface area contributed by atoms with E-state index in [1.165, 1.54) is 11.8 Å². The minimum absolute atomic E-state index is 0.0601. The van der Waals surface area contributed by atoms with E-state index in [2.05, 4.69) is 49.9 Å². The highest BCUT2D eigenvalue weighted by atomic mass is 79.9. The number of hydrogen-bond acceptors (Lipinski definition) is 5. The highest BCUT2D eigenvalue weighted by Crippen LogP contribution is 2.24. The summed E-state index contributed by atoms with van der Waals surface area (Å²) in [6.07, 6.45) is 2.37. The number of carbonyl (C=O) groups excluding carboxylic acids is 1. The first kappa shape index (κ1) is 19.4. The number of nitrogens with one attached hydrogen (secondary N) is 1. The van der Waals surface area contributed by atoms with Crippen molar-refractivity contribution in [3.05, 3.63) is 34.6 Å². The molecule has 6 nitrogen and oxygen atoms in total. The zero-order valence-electron chi connectivity index (χ0n) is 14.9. The van der Waals surface area contributed by atoms with E-state index in [1.54, 1.807) is 0 Å². The Balaban J connectivity index is 1.62. The van der Waals surface area contributed by atoms with Crippen molar-refractivity contribution in [2.75, 3.05) is 17.7 Å². The summed E-state index contributed by atoms with van der Waals surface area (Å²) in [5.74, 6) is 1.44. The van der Waals surface area contributed by atoms with E-state index in [1.807, 2.05) is 24.3 Å². The van der Waals surface area contributed by atoms with E-state index in [-0.39, 0.29) is 23.7 Å². The molecule has 1 saturated heterocycles. The van der Waals surface area contributed by atoms with E-state index in [0.29, 0.717) is 0 Å². The Labute approximate surface area is 166 Å². The second-order valence-corrected chi connectivity index (χ2v) is 8.44. The molecule has 2 heterocycles. The number of halogens is 1. The molecule has 1 aliphatic heterocycles. The molecule has 2 aromatic rings. The van der Waals surface area contributed by atoms with E-state index < -0.39 is 0 Å². The number of ether oxygens (including phenoxy) is 1. The Morgan fingerprint density at radius 1 is 1.38 bits per heavy atom. The first-order chi connectivity index (χ1) is 12.5. The zero-order valence-corrected chi connectivity index (χ0v) is 17.3. The topological polar surface area (TPSA) is 69.0 Å². The number of anilines is 1. The maximum atomic E-state index is 12.2. The maximum absolute atomic E-state index is 12.2. The van der Waals surface area contributed by atoms with Crippen molar-refractivity contribution >= 4 is 39.3 Å². The highest BCUT2D eigenvalue weighted by molar-refractivity contribution is 9.10. The van der Waals surface area contributed by atoms with Crippen LogP contribution in [0.1, 0.15) is 38.4 Å². The lowest BCUT2D eigenvalue weighted by atomic mass is 10.2. The second-order valence-electron chi connectivity index (χ2n) is 6.58. The largest absolute Gasteiger partial charge is 0.376 e. The molecule has 0 spiro atoms. The molecule has 0 radical (unpaired) electrons. The van der Waals surface area contributed by atoms with Gasteiger partial charge in [0.05, 0.1) is 18.4 Å². The summed E-state index contributed by atoms with van der Waals surface area (Å²) in [5.41, 5.74) is 0.780. The van der Waals surface area contributed by atoms with Crippen LogP contribution in [0.15, 0.2) is 33.9 Å². The van der Waals surface area contributed by atoms with Crippen LogP contribution in [0.2, 0.25) is 0 Å². The first-order valence-electron chi connectivity index (χ1n) is 8.76. The van der Waals surface area contributed by atoms with E-state index >= 15 is 0 Å². The van der Waals surface area contributed by atoms with Crippen LogP contribution in [0.4, 0.5) is 5.69 Å². The van der Waals surface area contributed by atoms with Crippen molar-refractivity contribution < 1.29 is 9.53 Å². The van der Waals surface area contributed by atoms with Gasteiger partial charge in [-0.1, -0.05) is 41.5 Å². The number of nitrogens with zero attached hydrogens (tertiary/aromatic N) is 3. The molecule has 1 amide bonds. The van der Waals surface area contributed by atoms with Crippen LogP contribution in [-0.2, 0) is 16.1 Å². The molecular formula is C18H23BrN4O2S. The van der Waals surface area contributed by atoms with Gasteiger partial charge in [0, 0.05) is 22.7 Å². The number of hydrogen-bond donors (Lipinski definition) is 1. The maximum Gasteiger partial charge on any atom is 0.234 e. The second kappa shape index (κ2) is 9.01. The summed E-state index contributed by atoms with van der Waals surface area (Å²) in [4.78, 5) is 12.2. The van der Waals surface area contributed by atoms with Crippen LogP contribution in [-0.4, -0.2) is 39.1 Å². The van der Waals surface area contributed by atoms with Crippen LogP contribution in [0.3, 0.4) is 0 Å². The van der Waals surface area contributed by atoms with E-state index in [0.717, 1.165) is 47.1 Å². The molecule has 26 heavy (non-hydrogen) atoms. The van der Waals surface area contributed by atoms with Crippen molar-refractivity contribution in [3.8, 4) is 0 Å². The molecule has 0 bridgehead atoms. The number of benzene rings is 1. The van der Waals surface area contributed by atoms with Gasteiger partial charge in [-0.2, -0.15) is 0 Å². The van der Waals surface area contributed by atoms with Crippen LogP contribution in [0.25, 0.3) is 0 Å². The molecule has 1 aromatic heterocycles. The summed E-state index contributed by atoms with van der Waals surface area (Å²) < 4.78 is 8.85. The molecule has 1 unspecified atom stereocenters. The van der Waals surface area contributed by atoms with Gasteiger partial charge in [0.25, 0.3) is 0 Å². The molecule has 0 aliphatic carbocycles. The average molecular weight is 439 g/mol. The van der Waals surface area contributed by atoms with Gasteiger partial charge in [-0.05, 0) is 37.1 Å². The number of thioether (sulfide) groups is 1. The van der Waals surface area contributed by atoms with Crippen LogP contribution >= 0.6 is 27.7 Å². The predicted octanol–water partition coefficient (Wildman–Crippen LogP) is 4.07. The van der Waals surface area contributed by atoms with Gasteiger partial charge in [0.15, 0.2) is 5.16 Å². The number of aromatic nitrogens is 3. The van der Waals surface area contributed by atoms with Crippen LogP contribution in [0, 0.1) is 0 Å². The fourth-order valence-corrected chi connectivity index (χ4v) is 3.88. The molecule has 140 valence electrons. The number of carbonyl (C=O) groups is 1. The Hall–Kier alpha value is -1.38. The molecule has 1 aromatic carbocycles. The molecule has 8 heteroatoms. The lowest BCUT2D eigenvalue weighted by Gasteiger charge is -2.16. The minimum atomic E-state index is -0.0601.